The van der Waals surface area contributed by atoms with Crippen molar-refractivity contribution in [3.63, 3.8) is 0 Å². The third kappa shape index (κ3) is 3.92. The van der Waals surface area contributed by atoms with Crippen LogP contribution in [0, 0.1) is 13.8 Å². The second-order valence-electron chi connectivity index (χ2n) is 8.06. The summed E-state index contributed by atoms with van der Waals surface area (Å²) in [5, 5.41) is -0.0117. The van der Waals surface area contributed by atoms with Gasteiger partial charge < -0.3 is 0 Å². The Labute approximate surface area is 199 Å². The van der Waals surface area contributed by atoms with E-state index in [9.17, 15) is 9.59 Å². The van der Waals surface area contributed by atoms with E-state index in [1.165, 1.54) is 16.8 Å². The average Bonchev–Trinajstić information content (AvgIpc) is 2.89. The topological polar surface area (TPSA) is 80.6 Å². The van der Waals surface area contributed by atoms with Gasteiger partial charge in [-0.05, 0) is 47.7 Å². The molecule has 0 bridgehead atoms. The summed E-state index contributed by atoms with van der Waals surface area (Å²) in [6.45, 7) is 4.06. The molecule has 0 unspecified atom stereocenters. The number of aromatic amines is 1. The van der Waals surface area contributed by atoms with Crippen LogP contribution in [0.3, 0.4) is 0 Å². The number of nitrogens with one attached hydrogen (secondary N) is 1. The number of aromatic nitrogens is 4. The lowest BCUT2D eigenvalue weighted by Crippen LogP contribution is -2.33. The average molecular weight is 477 g/mol. The Bertz CT molecular complexity index is 1490. The molecule has 0 spiro atoms. The van der Waals surface area contributed by atoms with Crippen molar-refractivity contribution in [1.82, 2.24) is 19.5 Å². The maximum atomic E-state index is 13.1. The van der Waals surface area contributed by atoms with Gasteiger partial charge in [0.2, 0.25) is 5.28 Å². The maximum Gasteiger partial charge on any atom is 0.334 e. The zero-order valence-electron chi connectivity index (χ0n) is 17.8. The van der Waals surface area contributed by atoms with Crippen molar-refractivity contribution in [3.05, 3.63) is 119 Å². The molecular formula is C25H18Cl2N4O2. The molecule has 2 aromatic carbocycles. The highest BCUT2D eigenvalue weighted by atomic mass is 35.5. The number of hydrogen-bond acceptors (Lipinski definition) is 4. The molecule has 0 amide bonds. The van der Waals surface area contributed by atoms with Crippen molar-refractivity contribution in [2.24, 2.45) is 0 Å². The van der Waals surface area contributed by atoms with Crippen LogP contribution in [0.15, 0.2) is 58.3 Å². The fourth-order valence-corrected chi connectivity index (χ4v) is 4.65. The van der Waals surface area contributed by atoms with E-state index in [0.717, 1.165) is 33.4 Å². The predicted molar refractivity (Wildman–Crippen MR) is 131 cm³/mol. The second-order valence-corrected chi connectivity index (χ2v) is 8.79. The summed E-state index contributed by atoms with van der Waals surface area (Å²) in [4.78, 5) is 36.2. The Morgan fingerprint density at radius 3 is 2.03 bits per heavy atom. The van der Waals surface area contributed by atoms with Crippen LogP contribution in [-0.4, -0.2) is 19.5 Å². The van der Waals surface area contributed by atoms with E-state index in [4.69, 9.17) is 23.2 Å². The van der Waals surface area contributed by atoms with Gasteiger partial charge in [0, 0.05) is 23.7 Å². The lowest BCUT2D eigenvalue weighted by Gasteiger charge is -2.21. The fraction of sp³-hybridized carbons (Fsp3) is 0.120. The minimum Gasteiger partial charge on any atom is -0.273 e. The third-order valence-corrected chi connectivity index (χ3v) is 6.09. The SMILES string of the molecule is Cc1ccc2c(c1)C=Cc1cc(C)ccc1C2c1cn(-c2cc(Cl)nc(Cl)n2)c(=O)[nH]c1=O. The molecule has 5 rings (SSSR count). The van der Waals surface area contributed by atoms with E-state index in [1.54, 1.807) is 0 Å². The second kappa shape index (κ2) is 8.14. The van der Waals surface area contributed by atoms with Gasteiger partial charge in [0.1, 0.15) is 11.0 Å². The van der Waals surface area contributed by atoms with Gasteiger partial charge in [-0.1, -0.05) is 71.3 Å². The van der Waals surface area contributed by atoms with Gasteiger partial charge in [-0.15, -0.1) is 0 Å². The summed E-state index contributed by atoms with van der Waals surface area (Å²) in [5.41, 5.74) is 5.48. The standard InChI is InChI=1S/C25H18Cl2N4O2/c1-13-3-7-17-15(9-13)5-6-16-10-14(2)4-8-18(16)22(17)19-12-31(25(33)30-23(19)32)21-11-20(26)28-24(27)29-21/h3-12,22H,1-2H3,(H,30,32,33). The van der Waals surface area contributed by atoms with Crippen LogP contribution in [0.1, 0.15) is 44.9 Å². The van der Waals surface area contributed by atoms with Crippen molar-refractivity contribution < 1.29 is 0 Å². The highest BCUT2D eigenvalue weighted by Gasteiger charge is 2.27. The zero-order valence-corrected chi connectivity index (χ0v) is 19.3. The molecule has 0 aliphatic heterocycles. The van der Waals surface area contributed by atoms with E-state index in [-0.39, 0.29) is 16.3 Å². The van der Waals surface area contributed by atoms with Crippen LogP contribution >= 0.6 is 23.2 Å². The third-order valence-electron chi connectivity index (χ3n) is 5.73. The predicted octanol–water partition coefficient (Wildman–Crippen LogP) is 4.90. The molecule has 2 aromatic heterocycles. The molecule has 4 aromatic rings. The van der Waals surface area contributed by atoms with E-state index in [1.807, 2.05) is 38.1 Å². The monoisotopic (exact) mass is 476 g/mol. The first-order valence-corrected chi connectivity index (χ1v) is 11.0. The number of benzene rings is 2. The van der Waals surface area contributed by atoms with Gasteiger partial charge in [0.25, 0.3) is 5.56 Å². The fourth-order valence-electron chi connectivity index (χ4n) is 4.25. The van der Waals surface area contributed by atoms with E-state index in [2.05, 4.69) is 39.2 Å². The van der Waals surface area contributed by atoms with Crippen LogP contribution in [0.2, 0.25) is 10.4 Å². The summed E-state index contributed by atoms with van der Waals surface area (Å²) in [6.07, 6.45) is 5.64. The van der Waals surface area contributed by atoms with Crippen molar-refractivity contribution in [3.8, 4) is 5.82 Å². The molecule has 2 heterocycles. The van der Waals surface area contributed by atoms with Crippen LogP contribution in [0.4, 0.5) is 0 Å². The van der Waals surface area contributed by atoms with E-state index >= 15 is 0 Å². The molecule has 164 valence electrons. The highest BCUT2D eigenvalue weighted by Crippen LogP contribution is 2.38. The molecule has 8 heteroatoms. The minimum absolute atomic E-state index is 0.0879. The Hall–Kier alpha value is -3.48. The molecular weight excluding hydrogens is 459 g/mol. The van der Waals surface area contributed by atoms with E-state index in [0.29, 0.717) is 5.56 Å². The number of hydrogen-bond donors (Lipinski definition) is 1. The van der Waals surface area contributed by atoms with Crippen LogP contribution in [0.25, 0.3) is 18.0 Å². The number of halogens is 2. The molecule has 0 saturated heterocycles. The van der Waals surface area contributed by atoms with Crippen molar-refractivity contribution in [2.75, 3.05) is 0 Å². The van der Waals surface area contributed by atoms with E-state index < -0.39 is 17.2 Å². The molecule has 0 radical (unpaired) electrons. The molecule has 1 aliphatic carbocycles. The van der Waals surface area contributed by atoms with Gasteiger partial charge in [-0.25, -0.2) is 9.78 Å². The normalized spacial score (nSPS) is 12.8. The van der Waals surface area contributed by atoms with Crippen LogP contribution in [0.5, 0.6) is 0 Å². The number of aryl methyl sites for hydroxylation is 2. The number of nitrogens with zero attached hydrogens (tertiary/aromatic N) is 3. The summed E-state index contributed by atoms with van der Waals surface area (Å²) >= 11 is 12.0. The lowest BCUT2D eigenvalue weighted by atomic mass is 9.82. The summed E-state index contributed by atoms with van der Waals surface area (Å²) in [6, 6.07) is 13.7. The van der Waals surface area contributed by atoms with Crippen molar-refractivity contribution in [2.45, 2.75) is 19.8 Å². The summed E-state index contributed by atoms with van der Waals surface area (Å²) in [7, 11) is 0. The van der Waals surface area contributed by atoms with Gasteiger partial charge >= 0.3 is 5.69 Å². The first-order valence-electron chi connectivity index (χ1n) is 10.3. The first-order chi connectivity index (χ1) is 15.8. The number of H-pyrrole nitrogens is 1. The Balaban J connectivity index is 1.81. The van der Waals surface area contributed by atoms with Gasteiger partial charge in [0.15, 0.2) is 0 Å². The molecule has 0 saturated carbocycles. The van der Waals surface area contributed by atoms with Gasteiger partial charge in [-0.2, -0.15) is 4.98 Å². The minimum atomic E-state index is -0.644. The van der Waals surface area contributed by atoms with Gasteiger partial charge in [-0.3, -0.25) is 14.3 Å². The Morgan fingerprint density at radius 1 is 0.848 bits per heavy atom. The van der Waals surface area contributed by atoms with Crippen molar-refractivity contribution >= 4 is 35.4 Å². The van der Waals surface area contributed by atoms with Crippen molar-refractivity contribution in [1.29, 1.82) is 0 Å². The Morgan fingerprint density at radius 2 is 1.45 bits per heavy atom. The highest BCUT2D eigenvalue weighted by molar-refractivity contribution is 6.31. The molecule has 0 fully saturated rings. The lowest BCUT2D eigenvalue weighted by molar-refractivity contribution is 0.812. The quantitative estimate of drug-likeness (QED) is 0.290. The molecule has 0 atom stereocenters. The number of fused-ring (bicyclic) bond motifs is 2. The van der Waals surface area contributed by atoms with Gasteiger partial charge in [0.05, 0.1) is 0 Å². The van der Waals surface area contributed by atoms with Crippen LogP contribution in [-0.2, 0) is 0 Å². The van der Waals surface area contributed by atoms with Crippen LogP contribution < -0.4 is 11.2 Å². The largest absolute Gasteiger partial charge is 0.334 e. The Kier molecular flexibility index (Phi) is 5.27. The number of rotatable bonds is 2. The molecule has 33 heavy (non-hydrogen) atoms. The summed E-state index contributed by atoms with van der Waals surface area (Å²) < 4.78 is 1.23. The molecule has 1 aliphatic rings. The first kappa shape index (κ1) is 21.4. The molecule has 1 N–H and O–H groups in total. The zero-order chi connectivity index (χ0) is 23.3. The smallest absolute Gasteiger partial charge is 0.273 e. The molecule has 6 nitrogen and oxygen atoms in total. The summed E-state index contributed by atoms with van der Waals surface area (Å²) in [5.74, 6) is -0.239. The maximum absolute atomic E-state index is 13.1.